The van der Waals surface area contributed by atoms with Gasteiger partial charge in [0.2, 0.25) is 0 Å². The normalized spacial score (nSPS) is 27.2. The number of ether oxygens (including phenoxy) is 1. The molecule has 28 heavy (non-hydrogen) atoms. The molecular formula is C9H16N3O13P3. The van der Waals surface area contributed by atoms with Crippen LogP contribution in [0.15, 0.2) is 17.1 Å². The molecule has 0 saturated carbocycles. The van der Waals surface area contributed by atoms with Crippen LogP contribution in [0, 0.1) is 0 Å². The largest absolute Gasteiger partial charge is 0.490 e. The lowest BCUT2D eigenvalue weighted by molar-refractivity contribution is -0.0449. The fraction of sp³-hybridized carbons (Fsp3) is 0.556. The van der Waals surface area contributed by atoms with Crippen molar-refractivity contribution in [2.75, 3.05) is 12.3 Å². The van der Waals surface area contributed by atoms with Crippen LogP contribution in [0.4, 0.5) is 5.82 Å². The van der Waals surface area contributed by atoms with E-state index in [1.165, 1.54) is 12.3 Å². The van der Waals surface area contributed by atoms with Gasteiger partial charge in [0.25, 0.3) is 0 Å². The van der Waals surface area contributed by atoms with Gasteiger partial charge in [0.1, 0.15) is 18.1 Å². The van der Waals surface area contributed by atoms with E-state index in [4.69, 9.17) is 25.2 Å². The Labute approximate surface area is 155 Å². The molecule has 2 rings (SSSR count). The smallest absolute Gasteiger partial charge is 0.390 e. The molecule has 2 heterocycles. The van der Waals surface area contributed by atoms with Gasteiger partial charge in [-0.2, -0.15) is 13.6 Å². The first-order valence-corrected chi connectivity index (χ1v) is 11.7. The maximum Gasteiger partial charge on any atom is 0.490 e. The second-order valence-electron chi connectivity index (χ2n) is 5.36. The van der Waals surface area contributed by atoms with Crippen LogP contribution < -0.4 is 11.4 Å². The average molecular weight is 467 g/mol. The minimum Gasteiger partial charge on any atom is -0.390 e. The number of hydrogen-bond donors (Lipinski definition) is 6. The first kappa shape index (κ1) is 23.3. The molecule has 1 saturated heterocycles. The van der Waals surface area contributed by atoms with Gasteiger partial charge >= 0.3 is 29.2 Å². The molecule has 1 aliphatic rings. The predicted molar refractivity (Wildman–Crippen MR) is 87.3 cm³/mol. The highest BCUT2D eigenvalue weighted by Gasteiger charge is 2.42. The second-order valence-corrected chi connectivity index (χ2v) is 9.78. The van der Waals surface area contributed by atoms with Crippen molar-refractivity contribution < 1.29 is 56.3 Å². The Kier molecular flexibility index (Phi) is 6.99. The molecule has 160 valence electrons. The number of nitrogens with zero attached hydrogens (tertiary/aromatic N) is 2. The summed E-state index contributed by atoms with van der Waals surface area (Å²) < 4.78 is 51.2. The van der Waals surface area contributed by atoms with Gasteiger partial charge < -0.3 is 35.2 Å². The zero-order valence-corrected chi connectivity index (χ0v) is 16.3. The number of nitrogen functional groups attached to an aromatic ring is 1. The van der Waals surface area contributed by atoms with Crippen LogP contribution in [0.1, 0.15) is 12.6 Å². The van der Waals surface area contributed by atoms with E-state index in [0.717, 1.165) is 4.57 Å². The molecule has 5 atom stereocenters. The molecule has 0 spiro atoms. The monoisotopic (exact) mass is 467 g/mol. The highest BCUT2D eigenvalue weighted by atomic mass is 31.3. The zero-order chi connectivity index (χ0) is 21.3. The Bertz CT molecular complexity index is 914. The van der Waals surface area contributed by atoms with E-state index in [9.17, 15) is 28.5 Å². The summed E-state index contributed by atoms with van der Waals surface area (Å²) in [5.74, 6) is -0.0380. The Morgan fingerprint density at radius 1 is 1.21 bits per heavy atom. The number of aliphatic hydroxyl groups excluding tert-OH is 1. The minimum absolute atomic E-state index is 0.0380. The fourth-order valence-electron chi connectivity index (χ4n) is 2.15. The Morgan fingerprint density at radius 3 is 2.43 bits per heavy atom. The van der Waals surface area contributed by atoms with Crippen LogP contribution in [0.25, 0.3) is 0 Å². The minimum atomic E-state index is -5.65. The molecule has 19 heteroatoms. The Balaban J connectivity index is 1.98. The van der Waals surface area contributed by atoms with Gasteiger partial charge in [-0.25, -0.2) is 18.5 Å². The van der Waals surface area contributed by atoms with Crippen molar-refractivity contribution in [3.63, 3.8) is 0 Å². The number of rotatable bonds is 8. The Hall–Kier alpha value is -0.990. The summed E-state index contributed by atoms with van der Waals surface area (Å²) in [6.07, 6.45) is -2.42. The van der Waals surface area contributed by atoms with Gasteiger partial charge in [0.05, 0.1) is 12.7 Å². The third kappa shape index (κ3) is 6.81. The highest BCUT2D eigenvalue weighted by molar-refractivity contribution is 7.66. The van der Waals surface area contributed by atoms with Gasteiger partial charge in [0.15, 0.2) is 0 Å². The van der Waals surface area contributed by atoms with Gasteiger partial charge in [-0.15, -0.1) is 0 Å². The predicted octanol–water partition coefficient (Wildman–Crippen LogP) is -1.18. The Morgan fingerprint density at radius 2 is 1.86 bits per heavy atom. The topological polar surface area (TPSA) is 250 Å². The lowest BCUT2D eigenvalue weighted by Crippen LogP contribution is -2.28. The van der Waals surface area contributed by atoms with Crippen molar-refractivity contribution in [3.05, 3.63) is 22.7 Å². The van der Waals surface area contributed by atoms with Crippen LogP contribution in [-0.2, 0) is 31.6 Å². The summed E-state index contributed by atoms with van der Waals surface area (Å²) in [5, 5.41) is 9.94. The maximum atomic E-state index is 11.8. The van der Waals surface area contributed by atoms with E-state index in [0.29, 0.717) is 0 Å². The number of aromatic nitrogens is 2. The molecule has 1 aromatic rings. The van der Waals surface area contributed by atoms with E-state index < -0.39 is 54.2 Å². The van der Waals surface area contributed by atoms with Crippen molar-refractivity contribution in [3.8, 4) is 0 Å². The van der Waals surface area contributed by atoms with Crippen LogP contribution in [0.3, 0.4) is 0 Å². The van der Waals surface area contributed by atoms with Crippen molar-refractivity contribution in [2.24, 2.45) is 0 Å². The van der Waals surface area contributed by atoms with Gasteiger partial charge in [0, 0.05) is 12.6 Å². The lowest BCUT2D eigenvalue weighted by Gasteiger charge is -2.19. The first-order valence-electron chi connectivity index (χ1n) is 7.14. The molecule has 1 aromatic heterocycles. The van der Waals surface area contributed by atoms with Crippen molar-refractivity contribution in [2.45, 2.75) is 24.9 Å². The fourth-order valence-corrected chi connectivity index (χ4v) is 5.18. The summed E-state index contributed by atoms with van der Waals surface area (Å²) in [4.78, 5) is 50.5. The van der Waals surface area contributed by atoms with Crippen molar-refractivity contribution in [1.82, 2.24) is 9.55 Å². The quantitative estimate of drug-likeness (QED) is 0.246. The third-order valence-corrected chi connectivity index (χ3v) is 6.99. The zero-order valence-electron chi connectivity index (χ0n) is 13.6. The SMILES string of the molecule is Nc1ccn([C@H]2C[C@@H](O)C(COP(=O)(O)OP(=O)(O)OP(=O)(O)O)O2)c(=O)n1. The number of hydrogen-bond acceptors (Lipinski definition) is 11. The molecule has 7 N–H and O–H groups in total. The van der Waals surface area contributed by atoms with Crippen LogP contribution in [0.2, 0.25) is 0 Å². The van der Waals surface area contributed by atoms with Crippen molar-refractivity contribution >= 4 is 29.3 Å². The van der Waals surface area contributed by atoms with E-state index in [1.807, 2.05) is 0 Å². The molecule has 0 radical (unpaired) electrons. The second kappa shape index (κ2) is 8.40. The molecule has 0 amide bonds. The number of phosphoric acid groups is 3. The molecule has 0 aromatic carbocycles. The molecule has 16 nitrogen and oxygen atoms in total. The number of anilines is 1. The highest BCUT2D eigenvalue weighted by Crippen LogP contribution is 2.66. The maximum absolute atomic E-state index is 11.8. The number of nitrogens with two attached hydrogens (primary N) is 1. The van der Waals surface area contributed by atoms with Gasteiger partial charge in [-0.05, 0) is 6.07 Å². The van der Waals surface area contributed by atoms with Crippen molar-refractivity contribution in [1.29, 1.82) is 0 Å². The van der Waals surface area contributed by atoms with E-state index >= 15 is 0 Å². The van der Waals surface area contributed by atoms with Crippen LogP contribution in [0.5, 0.6) is 0 Å². The standard InChI is InChI=1S/C9H16N3O13P3/c10-7-1-2-12(9(14)11-7)8-3-5(13)6(23-8)4-22-27(18,19)25-28(20,21)24-26(15,16)17/h1-2,5-6,8,13H,3-4H2,(H,18,19)(H,20,21)(H2,10,11,14)(H2,15,16,17)/t5-,6?,8-/m1/s1. The average Bonchev–Trinajstić information content (AvgIpc) is 2.82. The first-order chi connectivity index (χ1) is 12.7. The summed E-state index contributed by atoms with van der Waals surface area (Å²) in [5.41, 5.74) is 4.58. The summed E-state index contributed by atoms with van der Waals surface area (Å²) in [6.45, 7) is -0.849. The van der Waals surface area contributed by atoms with Gasteiger partial charge in [-0.1, -0.05) is 0 Å². The molecule has 0 aliphatic carbocycles. The van der Waals surface area contributed by atoms with Gasteiger partial charge in [-0.3, -0.25) is 9.09 Å². The molecule has 0 bridgehead atoms. The summed E-state index contributed by atoms with van der Waals surface area (Å²) in [7, 11) is -16.5. The van der Waals surface area contributed by atoms with Crippen LogP contribution >= 0.6 is 23.5 Å². The van der Waals surface area contributed by atoms with E-state index in [-0.39, 0.29) is 12.2 Å². The summed E-state index contributed by atoms with van der Waals surface area (Å²) in [6, 6.07) is 1.30. The lowest BCUT2D eigenvalue weighted by atomic mass is 10.2. The third-order valence-electron chi connectivity index (χ3n) is 3.18. The number of aliphatic hydroxyl groups is 1. The number of phosphoric ester groups is 1. The van der Waals surface area contributed by atoms with E-state index in [1.54, 1.807) is 0 Å². The van der Waals surface area contributed by atoms with E-state index in [2.05, 4.69) is 18.1 Å². The molecule has 3 unspecified atom stereocenters. The molecule has 1 aliphatic heterocycles. The molecular weight excluding hydrogens is 451 g/mol. The van der Waals surface area contributed by atoms with Crippen LogP contribution in [-0.4, -0.2) is 53.0 Å². The molecule has 1 fully saturated rings. The summed E-state index contributed by atoms with van der Waals surface area (Å²) >= 11 is 0.